The van der Waals surface area contributed by atoms with Gasteiger partial charge in [0.05, 0.1) is 5.56 Å². The normalized spacial score (nSPS) is 12.4. The molecule has 0 radical (unpaired) electrons. The molecule has 0 amide bonds. The Hall–Kier alpha value is -1.06. The summed E-state index contributed by atoms with van der Waals surface area (Å²) >= 11 is 5.55. The average Bonchev–Trinajstić information content (AvgIpc) is 2.18. The van der Waals surface area contributed by atoms with Crippen LogP contribution in [-0.2, 0) is 0 Å². The molecule has 1 unspecified atom stereocenters. The number of nitrogens with two attached hydrogens (primary N) is 1. The van der Waals surface area contributed by atoms with Crippen LogP contribution >= 0.6 is 11.6 Å². The maximum atomic E-state index is 10.8. The first-order valence-corrected chi connectivity index (χ1v) is 4.84. The van der Waals surface area contributed by atoms with E-state index in [1.165, 1.54) is 0 Å². The Morgan fingerprint density at radius 1 is 1.50 bits per heavy atom. The van der Waals surface area contributed by atoms with E-state index in [9.17, 15) is 4.79 Å². The second kappa shape index (κ2) is 4.98. The molecule has 0 aliphatic carbocycles. The summed E-state index contributed by atoms with van der Waals surface area (Å²) in [6, 6.07) is 6.42. The molecule has 0 aliphatic rings. The Balaban J connectivity index is 3.00. The Labute approximate surface area is 87.5 Å². The third-order valence-electron chi connectivity index (χ3n) is 2.01. The fourth-order valence-electron chi connectivity index (χ4n) is 1.29. The van der Waals surface area contributed by atoms with Crippen molar-refractivity contribution in [2.75, 3.05) is 5.88 Å². The number of carboxylic acids is 1. The summed E-state index contributed by atoms with van der Waals surface area (Å²) < 4.78 is 0. The van der Waals surface area contributed by atoms with Gasteiger partial charge in [-0.1, -0.05) is 18.2 Å². The molecule has 1 atom stereocenters. The molecule has 0 saturated heterocycles. The van der Waals surface area contributed by atoms with Crippen LogP contribution < -0.4 is 5.73 Å². The fourth-order valence-corrected chi connectivity index (χ4v) is 1.52. The van der Waals surface area contributed by atoms with E-state index in [1.807, 2.05) is 0 Å². The summed E-state index contributed by atoms with van der Waals surface area (Å²) in [7, 11) is 0. The van der Waals surface area contributed by atoms with Gasteiger partial charge in [0.2, 0.25) is 0 Å². The summed E-state index contributed by atoms with van der Waals surface area (Å²) in [5.41, 5.74) is 6.69. The highest BCUT2D eigenvalue weighted by Gasteiger charge is 2.14. The third kappa shape index (κ3) is 2.47. The van der Waals surface area contributed by atoms with E-state index in [0.29, 0.717) is 17.9 Å². The number of benzene rings is 1. The smallest absolute Gasteiger partial charge is 0.336 e. The molecule has 0 heterocycles. The van der Waals surface area contributed by atoms with Crippen LogP contribution in [0.1, 0.15) is 28.4 Å². The zero-order valence-electron chi connectivity index (χ0n) is 7.61. The molecule has 0 bridgehead atoms. The molecule has 4 heteroatoms. The van der Waals surface area contributed by atoms with E-state index >= 15 is 0 Å². The lowest BCUT2D eigenvalue weighted by molar-refractivity contribution is 0.0695. The Morgan fingerprint density at radius 2 is 2.14 bits per heavy atom. The molecule has 0 aromatic heterocycles. The van der Waals surface area contributed by atoms with Crippen molar-refractivity contribution in [2.45, 2.75) is 12.5 Å². The third-order valence-corrected chi connectivity index (χ3v) is 2.23. The lowest BCUT2D eigenvalue weighted by Gasteiger charge is -2.12. The predicted molar refractivity (Wildman–Crippen MR) is 55.7 cm³/mol. The molecule has 1 aromatic rings. The van der Waals surface area contributed by atoms with Gasteiger partial charge in [-0.05, 0) is 18.1 Å². The first kappa shape index (κ1) is 11.0. The molecule has 76 valence electrons. The van der Waals surface area contributed by atoms with Crippen LogP contribution in [0.15, 0.2) is 24.3 Å². The molecular formula is C10H12ClNO2. The number of aromatic carboxylic acids is 1. The van der Waals surface area contributed by atoms with Crippen molar-refractivity contribution in [1.29, 1.82) is 0 Å². The van der Waals surface area contributed by atoms with Crippen molar-refractivity contribution in [2.24, 2.45) is 5.73 Å². The largest absolute Gasteiger partial charge is 0.478 e. The van der Waals surface area contributed by atoms with Crippen LogP contribution in [0.4, 0.5) is 0 Å². The standard InChI is InChI=1S/C10H12ClNO2/c11-6-5-9(12)7-3-1-2-4-8(7)10(13)14/h1-4,9H,5-6,12H2,(H,13,14). The average molecular weight is 214 g/mol. The Bertz CT molecular complexity index is 328. The number of rotatable bonds is 4. The number of carbonyl (C=O) groups is 1. The minimum Gasteiger partial charge on any atom is -0.478 e. The Morgan fingerprint density at radius 3 is 2.71 bits per heavy atom. The summed E-state index contributed by atoms with van der Waals surface area (Å²) in [6.07, 6.45) is 0.575. The van der Waals surface area contributed by atoms with Gasteiger partial charge >= 0.3 is 5.97 Å². The van der Waals surface area contributed by atoms with Crippen molar-refractivity contribution < 1.29 is 9.90 Å². The van der Waals surface area contributed by atoms with Gasteiger partial charge in [-0.15, -0.1) is 11.6 Å². The first-order valence-electron chi connectivity index (χ1n) is 4.30. The maximum absolute atomic E-state index is 10.8. The van der Waals surface area contributed by atoms with Crippen molar-refractivity contribution >= 4 is 17.6 Å². The van der Waals surface area contributed by atoms with Gasteiger partial charge in [-0.25, -0.2) is 4.79 Å². The number of alkyl halides is 1. The highest BCUT2D eigenvalue weighted by atomic mass is 35.5. The minimum atomic E-state index is -0.953. The van der Waals surface area contributed by atoms with Gasteiger partial charge in [0, 0.05) is 11.9 Å². The lowest BCUT2D eigenvalue weighted by Crippen LogP contribution is -2.15. The summed E-state index contributed by atoms with van der Waals surface area (Å²) in [6.45, 7) is 0. The van der Waals surface area contributed by atoms with Crippen molar-refractivity contribution in [1.82, 2.24) is 0 Å². The van der Waals surface area contributed by atoms with Gasteiger partial charge in [0.1, 0.15) is 0 Å². The molecule has 0 aliphatic heterocycles. The van der Waals surface area contributed by atoms with Crippen LogP contribution in [0.25, 0.3) is 0 Å². The molecule has 3 N–H and O–H groups in total. The summed E-state index contributed by atoms with van der Waals surface area (Å²) in [5.74, 6) is -0.527. The van der Waals surface area contributed by atoms with E-state index in [2.05, 4.69) is 0 Å². The number of hydrogen-bond acceptors (Lipinski definition) is 2. The molecule has 0 fully saturated rings. The molecular weight excluding hydrogens is 202 g/mol. The topological polar surface area (TPSA) is 63.3 Å². The summed E-state index contributed by atoms with van der Waals surface area (Å²) in [4.78, 5) is 10.8. The van der Waals surface area contributed by atoms with Gasteiger partial charge in [0.25, 0.3) is 0 Å². The van der Waals surface area contributed by atoms with E-state index < -0.39 is 5.97 Å². The molecule has 0 saturated carbocycles. The number of carboxylic acid groups (broad SMARTS) is 1. The predicted octanol–water partition coefficient (Wildman–Crippen LogP) is 2.01. The second-order valence-corrected chi connectivity index (χ2v) is 3.35. The number of hydrogen-bond donors (Lipinski definition) is 2. The highest BCUT2D eigenvalue weighted by molar-refractivity contribution is 6.17. The monoisotopic (exact) mass is 213 g/mol. The van der Waals surface area contributed by atoms with Crippen LogP contribution in [0, 0.1) is 0 Å². The van der Waals surface area contributed by atoms with Gasteiger partial charge in [-0.2, -0.15) is 0 Å². The molecule has 1 rings (SSSR count). The van der Waals surface area contributed by atoms with Crippen LogP contribution in [-0.4, -0.2) is 17.0 Å². The van der Waals surface area contributed by atoms with Gasteiger partial charge in [0.15, 0.2) is 0 Å². The molecule has 3 nitrogen and oxygen atoms in total. The highest BCUT2D eigenvalue weighted by Crippen LogP contribution is 2.19. The van der Waals surface area contributed by atoms with E-state index in [-0.39, 0.29) is 11.6 Å². The fraction of sp³-hybridized carbons (Fsp3) is 0.300. The van der Waals surface area contributed by atoms with E-state index in [1.54, 1.807) is 24.3 Å². The summed E-state index contributed by atoms with van der Waals surface area (Å²) in [5, 5.41) is 8.89. The van der Waals surface area contributed by atoms with Gasteiger partial charge < -0.3 is 10.8 Å². The van der Waals surface area contributed by atoms with Crippen LogP contribution in [0.5, 0.6) is 0 Å². The number of halogens is 1. The zero-order chi connectivity index (χ0) is 10.6. The van der Waals surface area contributed by atoms with Gasteiger partial charge in [-0.3, -0.25) is 0 Å². The zero-order valence-corrected chi connectivity index (χ0v) is 8.37. The van der Waals surface area contributed by atoms with Crippen molar-refractivity contribution in [3.05, 3.63) is 35.4 Å². The quantitative estimate of drug-likeness (QED) is 0.753. The van der Waals surface area contributed by atoms with Crippen molar-refractivity contribution in [3.63, 3.8) is 0 Å². The molecule has 14 heavy (non-hydrogen) atoms. The van der Waals surface area contributed by atoms with Crippen LogP contribution in [0.3, 0.4) is 0 Å². The molecule has 0 spiro atoms. The molecule has 1 aromatic carbocycles. The van der Waals surface area contributed by atoms with E-state index in [0.717, 1.165) is 0 Å². The minimum absolute atomic E-state index is 0.255. The Kier molecular flexibility index (Phi) is 3.92. The first-order chi connectivity index (χ1) is 6.66. The second-order valence-electron chi connectivity index (χ2n) is 2.98. The lowest BCUT2D eigenvalue weighted by atomic mass is 9.99. The SMILES string of the molecule is NC(CCCl)c1ccccc1C(=O)O. The van der Waals surface area contributed by atoms with E-state index in [4.69, 9.17) is 22.4 Å². The van der Waals surface area contributed by atoms with Crippen LogP contribution in [0.2, 0.25) is 0 Å². The maximum Gasteiger partial charge on any atom is 0.336 e. The van der Waals surface area contributed by atoms with Crippen molar-refractivity contribution in [3.8, 4) is 0 Å².